The van der Waals surface area contributed by atoms with Crippen LogP contribution in [0.25, 0.3) is 10.9 Å². The molecule has 0 saturated carbocycles. The zero-order chi connectivity index (χ0) is 15.7. The number of hydrogen-bond donors (Lipinski definition) is 1. The average Bonchev–Trinajstić information content (AvgIpc) is 2.91. The van der Waals surface area contributed by atoms with Crippen LogP contribution in [0.3, 0.4) is 0 Å². The van der Waals surface area contributed by atoms with Crippen LogP contribution in [0.15, 0.2) is 42.5 Å². The predicted octanol–water partition coefficient (Wildman–Crippen LogP) is 3.80. The van der Waals surface area contributed by atoms with Crippen LogP contribution < -0.4 is 0 Å². The van der Waals surface area contributed by atoms with Crippen molar-refractivity contribution in [2.75, 3.05) is 7.05 Å². The number of fused-ring (bicyclic) bond motifs is 1. The van der Waals surface area contributed by atoms with Gasteiger partial charge in [-0.15, -0.1) is 0 Å². The lowest BCUT2D eigenvalue weighted by Gasteiger charge is -2.16. The molecule has 3 rings (SSSR count). The number of rotatable bonds is 3. The van der Waals surface area contributed by atoms with Gasteiger partial charge in [0.15, 0.2) is 5.69 Å². The fourth-order valence-corrected chi connectivity index (χ4v) is 2.53. The van der Waals surface area contributed by atoms with E-state index in [2.05, 4.69) is 10.2 Å². The van der Waals surface area contributed by atoms with E-state index in [-0.39, 0.29) is 5.91 Å². The molecule has 3 aromatic rings. The van der Waals surface area contributed by atoms with Crippen LogP contribution in [0.1, 0.15) is 21.6 Å². The number of benzene rings is 2. The van der Waals surface area contributed by atoms with Gasteiger partial charge in [-0.3, -0.25) is 9.89 Å². The molecule has 1 aromatic heterocycles. The second-order valence-electron chi connectivity index (χ2n) is 5.41. The van der Waals surface area contributed by atoms with Gasteiger partial charge in [0.05, 0.1) is 5.52 Å². The Labute approximate surface area is 133 Å². The second kappa shape index (κ2) is 5.81. The maximum atomic E-state index is 12.6. The summed E-state index contributed by atoms with van der Waals surface area (Å²) in [5, 5.41) is 8.62. The summed E-state index contributed by atoms with van der Waals surface area (Å²) in [4.78, 5) is 14.3. The van der Waals surface area contributed by atoms with Gasteiger partial charge in [0.2, 0.25) is 0 Å². The van der Waals surface area contributed by atoms with Crippen LogP contribution in [0.2, 0.25) is 5.02 Å². The van der Waals surface area contributed by atoms with Crippen molar-refractivity contribution < 1.29 is 4.79 Å². The number of nitrogens with one attached hydrogen (secondary N) is 1. The van der Waals surface area contributed by atoms with E-state index in [1.165, 1.54) is 0 Å². The minimum atomic E-state index is -0.105. The first-order valence-electron chi connectivity index (χ1n) is 6.99. The van der Waals surface area contributed by atoms with Crippen LogP contribution in [0.5, 0.6) is 0 Å². The summed E-state index contributed by atoms with van der Waals surface area (Å²) in [6.07, 6.45) is 0. The predicted molar refractivity (Wildman–Crippen MR) is 88.1 cm³/mol. The summed E-state index contributed by atoms with van der Waals surface area (Å²) in [7, 11) is 1.77. The van der Waals surface area contributed by atoms with Gasteiger partial charge < -0.3 is 4.90 Å². The highest BCUT2D eigenvalue weighted by molar-refractivity contribution is 6.30. The summed E-state index contributed by atoms with van der Waals surface area (Å²) in [5.74, 6) is -0.105. The number of carbonyl (C=O) groups excluding carboxylic acids is 1. The van der Waals surface area contributed by atoms with E-state index >= 15 is 0 Å². The molecule has 0 aliphatic heterocycles. The molecule has 1 heterocycles. The van der Waals surface area contributed by atoms with Crippen LogP contribution in [0.4, 0.5) is 0 Å². The second-order valence-corrected chi connectivity index (χ2v) is 5.85. The Kier molecular flexibility index (Phi) is 3.86. The molecule has 0 aliphatic carbocycles. The molecule has 112 valence electrons. The molecule has 22 heavy (non-hydrogen) atoms. The van der Waals surface area contributed by atoms with Crippen LogP contribution >= 0.6 is 11.6 Å². The SMILES string of the molecule is Cc1ccc2[nH]nc(C(=O)N(C)Cc3ccc(Cl)cc3)c2c1. The molecule has 0 bridgehead atoms. The van der Waals surface area contributed by atoms with Gasteiger partial charge in [-0.25, -0.2) is 0 Å². The van der Waals surface area contributed by atoms with Gasteiger partial charge in [0.1, 0.15) is 0 Å². The molecule has 0 unspecified atom stereocenters. The van der Waals surface area contributed by atoms with Gasteiger partial charge in [-0.1, -0.05) is 35.4 Å². The lowest BCUT2D eigenvalue weighted by atomic mass is 10.1. The van der Waals surface area contributed by atoms with Crippen molar-refractivity contribution in [3.8, 4) is 0 Å². The zero-order valence-electron chi connectivity index (χ0n) is 12.4. The average molecular weight is 314 g/mol. The first kappa shape index (κ1) is 14.6. The number of halogens is 1. The Balaban J connectivity index is 1.85. The molecule has 0 radical (unpaired) electrons. The lowest BCUT2D eigenvalue weighted by molar-refractivity contribution is 0.0781. The number of carbonyl (C=O) groups is 1. The molecule has 0 saturated heterocycles. The standard InChI is InChI=1S/C17H16ClN3O/c1-11-3-8-15-14(9-11)16(20-19-15)17(22)21(2)10-12-4-6-13(18)7-5-12/h3-9H,10H2,1-2H3,(H,19,20). The Morgan fingerprint density at radius 3 is 2.68 bits per heavy atom. The minimum absolute atomic E-state index is 0.105. The summed E-state index contributed by atoms with van der Waals surface area (Å²) in [6, 6.07) is 13.4. The van der Waals surface area contributed by atoms with Gasteiger partial charge in [-0.2, -0.15) is 5.10 Å². The van der Waals surface area contributed by atoms with Crippen LogP contribution in [-0.2, 0) is 6.54 Å². The Morgan fingerprint density at radius 2 is 1.95 bits per heavy atom. The molecular formula is C17H16ClN3O. The normalized spacial score (nSPS) is 10.9. The smallest absolute Gasteiger partial charge is 0.275 e. The molecule has 0 spiro atoms. The number of aromatic nitrogens is 2. The Bertz CT molecular complexity index is 824. The van der Waals surface area contributed by atoms with E-state index in [0.717, 1.165) is 22.0 Å². The molecule has 1 amide bonds. The van der Waals surface area contributed by atoms with Crippen LogP contribution in [-0.4, -0.2) is 28.1 Å². The summed E-state index contributed by atoms with van der Waals surface area (Å²) in [6.45, 7) is 2.51. The molecule has 4 nitrogen and oxygen atoms in total. The fraction of sp³-hybridized carbons (Fsp3) is 0.176. The fourth-order valence-electron chi connectivity index (χ4n) is 2.41. The lowest BCUT2D eigenvalue weighted by Crippen LogP contribution is -2.26. The Hall–Kier alpha value is -2.33. The number of aromatic amines is 1. The maximum absolute atomic E-state index is 12.6. The van der Waals surface area contributed by atoms with Crippen molar-refractivity contribution in [1.29, 1.82) is 0 Å². The summed E-state index contributed by atoms with van der Waals surface area (Å²) >= 11 is 5.88. The number of hydrogen-bond acceptors (Lipinski definition) is 2. The summed E-state index contributed by atoms with van der Waals surface area (Å²) < 4.78 is 0. The molecular weight excluding hydrogens is 298 g/mol. The minimum Gasteiger partial charge on any atom is -0.336 e. The first-order valence-corrected chi connectivity index (χ1v) is 7.37. The number of nitrogens with zero attached hydrogens (tertiary/aromatic N) is 2. The molecule has 0 aliphatic rings. The number of amides is 1. The molecule has 0 fully saturated rings. The molecule has 0 atom stereocenters. The van der Waals surface area contributed by atoms with E-state index in [0.29, 0.717) is 17.3 Å². The first-order chi connectivity index (χ1) is 10.5. The van der Waals surface area contributed by atoms with Gasteiger partial charge >= 0.3 is 0 Å². The van der Waals surface area contributed by atoms with E-state index in [1.807, 2.05) is 49.4 Å². The molecule has 1 N–H and O–H groups in total. The topological polar surface area (TPSA) is 49.0 Å². The van der Waals surface area contributed by atoms with E-state index in [1.54, 1.807) is 11.9 Å². The van der Waals surface area contributed by atoms with Gasteiger partial charge in [0.25, 0.3) is 5.91 Å². The van der Waals surface area contributed by atoms with Crippen molar-refractivity contribution in [2.24, 2.45) is 0 Å². The van der Waals surface area contributed by atoms with E-state index < -0.39 is 0 Å². The largest absolute Gasteiger partial charge is 0.336 e. The molecule has 5 heteroatoms. The quantitative estimate of drug-likeness (QED) is 0.799. The monoisotopic (exact) mass is 313 g/mol. The van der Waals surface area contributed by atoms with Crippen molar-refractivity contribution in [3.05, 3.63) is 64.3 Å². The van der Waals surface area contributed by atoms with Crippen molar-refractivity contribution in [1.82, 2.24) is 15.1 Å². The van der Waals surface area contributed by atoms with Crippen molar-refractivity contribution in [3.63, 3.8) is 0 Å². The third kappa shape index (κ3) is 2.83. The van der Waals surface area contributed by atoms with Crippen LogP contribution in [0, 0.1) is 6.92 Å². The highest BCUT2D eigenvalue weighted by Gasteiger charge is 2.18. The van der Waals surface area contributed by atoms with Crippen molar-refractivity contribution >= 4 is 28.4 Å². The maximum Gasteiger partial charge on any atom is 0.275 e. The number of H-pyrrole nitrogens is 1. The zero-order valence-corrected chi connectivity index (χ0v) is 13.2. The van der Waals surface area contributed by atoms with Gasteiger partial charge in [0, 0.05) is 24.0 Å². The highest BCUT2D eigenvalue weighted by Crippen LogP contribution is 2.19. The van der Waals surface area contributed by atoms with Gasteiger partial charge in [-0.05, 0) is 36.8 Å². The summed E-state index contributed by atoms with van der Waals surface area (Å²) in [5.41, 5.74) is 3.45. The molecule has 2 aromatic carbocycles. The number of aryl methyl sites for hydroxylation is 1. The third-order valence-electron chi connectivity index (χ3n) is 3.60. The van der Waals surface area contributed by atoms with Crippen molar-refractivity contribution in [2.45, 2.75) is 13.5 Å². The van der Waals surface area contributed by atoms with E-state index in [9.17, 15) is 4.79 Å². The highest BCUT2D eigenvalue weighted by atomic mass is 35.5. The third-order valence-corrected chi connectivity index (χ3v) is 3.85. The van der Waals surface area contributed by atoms with E-state index in [4.69, 9.17) is 11.6 Å². The Morgan fingerprint density at radius 1 is 1.23 bits per heavy atom.